The Hall–Kier alpha value is -1.93. The normalized spacial score (nSPS) is 15.9. The van der Waals surface area contributed by atoms with E-state index < -0.39 is 0 Å². The molecule has 0 spiro atoms. The van der Waals surface area contributed by atoms with Gasteiger partial charge < -0.3 is 4.90 Å². The van der Waals surface area contributed by atoms with Crippen molar-refractivity contribution in [1.82, 2.24) is 9.80 Å². The van der Waals surface area contributed by atoms with Crippen molar-refractivity contribution in [2.45, 2.75) is 12.8 Å². The largest absolute Gasteiger partial charge is 0.336 e. The third kappa shape index (κ3) is 3.78. The van der Waals surface area contributed by atoms with E-state index >= 15 is 0 Å². The summed E-state index contributed by atoms with van der Waals surface area (Å²) in [6.07, 6.45) is 1.44. The first-order chi connectivity index (χ1) is 9.70. The van der Waals surface area contributed by atoms with Gasteiger partial charge in [0, 0.05) is 38.2 Å². The van der Waals surface area contributed by atoms with Crippen molar-refractivity contribution < 1.29 is 9.18 Å². The molecule has 5 heteroatoms. The Morgan fingerprint density at radius 2 is 2.05 bits per heavy atom. The average molecular weight is 275 g/mol. The van der Waals surface area contributed by atoms with Crippen LogP contribution in [-0.2, 0) is 0 Å². The molecule has 1 fully saturated rings. The van der Waals surface area contributed by atoms with E-state index in [-0.39, 0.29) is 11.7 Å². The molecule has 0 N–H and O–H groups in total. The maximum Gasteiger partial charge on any atom is 0.254 e. The molecule has 2 rings (SSSR count). The van der Waals surface area contributed by atoms with Crippen LogP contribution in [0.25, 0.3) is 0 Å². The zero-order chi connectivity index (χ0) is 14.4. The van der Waals surface area contributed by atoms with Gasteiger partial charge in [0.2, 0.25) is 0 Å². The van der Waals surface area contributed by atoms with Crippen molar-refractivity contribution in [3.63, 3.8) is 0 Å². The maximum atomic E-state index is 13.1. The van der Waals surface area contributed by atoms with Crippen LogP contribution in [-0.4, -0.2) is 48.4 Å². The average Bonchev–Trinajstić information content (AvgIpc) is 2.47. The van der Waals surface area contributed by atoms with Crippen LogP contribution >= 0.6 is 0 Å². The summed E-state index contributed by atoms with van der Waals surface area (Å²) in [6.45, 7) is 3.83. The van der Waals surface area contributed by atoms with Crippen LogP contribution < -0.4 is 0 Å². The number of unbranched alkanes of at least 4 members (excludes halogenated alkanes) is 1. The molecule has 1 aromatic rings. The van der Waals surface area contributed by atoms with E-state index in [2.05, 4.69) is 11.0 Å². The number of nitriles is 1. The van der Waals surface area contributed by atoms with Gasteiger partial charge in [0.15, 0.2) is 0 Å². The lowest BCUT2D eigenvalue weighted by molar-refractivity contribution is 0.0636. The van der Waals surface area contributed by atoms with Gasteiger partial charge in [-0.3, -0.25) is 9.69 Å². The SMILES string of the molecule is N#CCCCN1CCN(C(=O)c2cccc(F)c2)CC1. The Bertz CT molecular complexity index is 504. The lowest BCUT2D eigenvalue weighted by atomic mass is 10.1. The Labute approximate surface area is 118 Å². The molecule has 1 aliphatic rings. The van der Waals surface area contributed by atoms with Gasteiger partial charge in [-0.1, -0.05) is 6.07 Å². The highest BCUT2D eigenvalue weighted by molar-refractivity contribution is 5.94. The molecule has 0 aliphatic carbocycles. The Balaban J connectivity index is 1.84. The third-order valence-corrected chi connectivity index (χ3v) is 3.49. The molecule has 1 aromatic carbocycles. The maximum absolute atomic E-state index is 13.1. The van der Waals surface area contributed by atoms with Gasteiger partial charge in [-0.25, -0.2) is 4.39 Å². The summed E-state index contributed by atoms with van der Waals surface area (Å²) in [6, 6.07) is 7.95. The molecule has 0 atom stereocenters. The minimum atomic E-state index is -0.383. The number of carbonyl (C=O) groups excluding carboxylic acids is 1. The first-order valence-corrected chi connectivity index (χ1v) is 6.85. The molecule has 0 aromatic heterocycles. The fourth-order valence-corrected chi connectivity index (χ4v) is 2.36. The smallest absolute Gasteiger partial charge is 0.254 e. The molecule has 1 aliphatic heterocycles. The van der Waals surface area contributed by atoms with Gasteiger partial charge in [0.25, 0.3) is 5.91 Å². The second-order valence-corrected chi connectivity index (χ2v) is 4.91. The summed E-state index contributed by atoms with van der Waals surface area (Å²) >= 11 is 0. The number of hydrogen-bond donors (Lipinski definition) is 0. The molecule has 1 heterocycles. The summed E-state index contributed by atoms with van der Waals surface area (Å²) in [4.78, 5) is 16.2. The van der Waals surface area contributed by atoms with Gasteiger partial charge in [0.05, 0.1) is 6.07 Å². The Morgan fingerprint density at radius 3 is 2.70 bits per heavy atom. The van der Waals surface area contributed by atoms with E-state index in [0.29, 0.717) is 25.1 Å². The molecular weight excluding hydrogens is 257 g/mol. The fourth-order valence-electron chi connectivity index (χ4n) is 2.36. The molecule has 1 saturated heterocycles. The van der Waals surface area contributed by atoms with Crippen LogP contribution in [0.3, 0.4) is 0 Å². The second kappa shape index (κ2) is 7.01. The quantitative estimate of drug-likeness (QED) is 0.788. The zero-order valence-electron chi connectivity index (χ0n) is 11.4. The van der Waals surface area contributed by atoms with Crippen LogP contribution in [0, 0.1) is 17.1 Å². The summed E-state index contributed by atoms with van der Waals surface area (Å²) in [7, 11) is 0. The molecule has 0 saturated carbocycles. The molecule has 1 amide bonds. The number of nitrogens with zero attached hydrogens (tertiary/aromatic N) is 3. The number of benzene rings is 1. The van der Waals surface area contributed by atoms with Crippen LogP contribution in [0.2, 0.25) is 0 Å². The number of carbonyl (C=O) groups is 1. The van der Waals surface area contributed by atoms with Crippen molar-refractivity contribution in [2.24, 2.45) is 0 Å². The minimum absolute atomic E-state index is 0.110. The van der Waals surface area contributed by atoms with Gasteiger partial charge in [-0.05, 0) is 31.2 Å². The first-order valence-electron chi connectivity index (χ1n) is 6.85. The van der Waals surface area contributed by atoms with Crippen molar-refractivity contribution in [1.29, 1.82) is 5.26 Å². The van der Waals surface area contributed by atoms with Crippen LogP contribution in [0.4, 0.5) is 4.39 Å². The van der Waals surface area contributed by atoms with Gasteiger partial charge in [-0.15, -0.1) is 0 Å². The van der Waals surface area contributed by atoms with Crippen molar-refractivity contribution >= 4 is 5.91 Å². The summed E-state index contributed by atoms with van der Waals surface area (Å²) in [5.41, 5.74) is 0.405. The predicted molar refractivity (Wildman–Crippen MR) is 73.6 cm³/mol. The topological polar surface area (TPSA) is 47.3 Å². The standard InChI is InChI=1S/C15H18FN3O/c16-14-5-3-4-13(12-14)15(20)19-10-8-18(9-11-19)7-2-1-6-17/h3-5,12H,1-2,7-11H2. The molecule has 0 unspecified atom stereocenters. The van der Waals surface area contributed by atoms with Crippen LogP contribution in [0.1, 0.15) is 23.2 Å². The fraction of sp³-hybridized carbons (Fsp3) is 0.467. The van der Waals surface area contributed by atoms with Gasteiger partial charge in [-0.2, -0.15) is 5.26 Å². The monoisotopic (exact) mass is 275 g/mol. The number of rotatable bonds is 4. The first kappa shape index (κ1) is 14.5. The molecule has 20 heavy (non-hydrogen) atoms. The highest BCUT2D eigenvalue weighted by atomic mass is 19.1. The number of amides is 1. The number of hydrogen-bond acceptors (Lipinski definition) is 3. The highest BCUT2D eigenvalue weighted by Gasteiger charge is 2.21. The van der Waals surface area contributed by atoms with E-state index in [0.717, 1.165) is 26.1 Å². The molecule has 0 bridgehead atoms. The van der Waals surface area contributed by atoms with E-state index in [1.54, 1.807) is 17.0 Å². The third-order valence-electron chi connectivity index (χ3n) is 3.49. The van der Waals surface area contributed by atoms with E-state index in [1.165, 1.54) is 12.1 Å². The predicted octanol–water partition coefficient (Wildman–Crippen LogP) is 1.89. The van der Waals surface area contributed by atoms with Crippen LogP contribution in [0.15, 0.2) is 24.3 Å². The van der Waals surface area contributed by atoms with Crippen molar-refractivity contribution in [2.75, 3.05) is 32.7 Å². The highest BCUT2D eigenvalue weighted by Crippen LogP contribution is 2.10. The Morgan fingerprint density at radius 1 is 1.30 bits per heavy atom. The molecular formula is C15H18FN3O. The Kier molecular flexibility index (Phi) is 5.08. The minimum Gasteiger partial charge on any atom is -0.336 e. The lowest BCUT2D eigenvalue weighted by Crippen LogP contribution is -2.48. The van der Waals surface area contributed by atoms with Gasteiger partial charge >= 0.3 is 0 Å². The van der Waals surface area contributed by atoms with E-state index in [9.17, 15) is 9.18 Å². The molecule has 0 radical (unpaired) electrons. The molecule has 106 valence electrons. The number of halogens is 1. The second-order valence-electron chi connectivity index (χ2n) is 4.91. The summed E-state index contributed by atoms with van der Waals surface area (Å²) in [5.74, 6) is -0.493. The summed E-state index contributed by atoms with van der Waals surface area (Å²) in [5, 5.41) is 8.51. The zero-order valence-corrected chi connectivity index (χ0v) is 11.4. The lowest BCUT2D eigenvalue weighted by Gasteiger charge is -2.34. The van der Waals surface area contributed by atoms with E-state index in [1.807, 2.05) is 0 Å². The summed E-state index contributed by atoms with van der Waals surface area (Å²) < 4.78 is 13.1. The van der Waals surface area contributed by atoms with Crippen LogP contribution in [0.5, 0.6) is 0 Å². The van der Waals surface area contributed by atoms with E-state index in [4.69, 9.17) is 5.26 Å². The number of piperazine rings is 1. The van der Waals surface area contributed by atoms with Crippen molar-refractivity contribution in [3.05, 3.63) is 35.6 Å². The molecule has 4 nitrogen and oxygen atoms in total. The van der Waals surface area contributed by atoms with Crippen molar-refractivity contribution in [3.8, 4) is 6.07 Å². The van der Waals surface area contributed by atoms with Gasteiger partial charge in [0.1, 0.15) is 5.82 Å².